The van der Waals surface area contributed by atoms with Crippen LogP contribution < -0.4 is 0 Å². The first kappa shape index (κ1) is 105. The third-order valence-corrected chi connectivity index (χ3v) is 23.0. The molecule has 0 amide bonds. The summed E-state index contributed by atoms with van der Waals surface area (Å²) in [5, 5.41) is 10.7. The van der Waals surface area contributed by atoms with E-state index in [0.29, 0.717) is 25.7 Å². The zero-order chi connectivity index (χ0) is 78.5. The first-order chi connectivity index (χ1) is 51.9. The molecule has 0 heterocycles. The number of aliphatic hydroxyl groups excluding tert-OH is 1. The molecule has 3 N–H and O–H groups in total. The zero-order valence-electron chi connectivity index (χ0n) is 70.5. The van der Waals surface area contributed by atoms with Gasteiger partial charge in [-0.3, -0.25) is 37.3 Å². The van der Waals surface area contributed by atoms with Crippen LogP contribution in [0.2, 0.25) is 0 Å². The van der Waals surface area contributed by atoms with Crippen molar-refractivity contribution in [3.05, 3.63) is 0 Å². The molecule has 0 aromatic carbocycles. The van der Waals surface area contributed by atoms with Gasteiger partial charge in [0, 0.05) is 25.7 Å². The average molecular weight is 1560 g/mol. The fourth-order valence-electron chi connectivity index (χ4n) is 13.7. The maximum atomic E-state index is 13.2. The Morgan fingerprint density at radius 2 is 0.477 bits per heavy atom. The van der Waals surface area contributed by atoms with Crippen molar-refractivity contribution in [1.82, 2.24) is 0 Å². The quantitative estimate of drug-likeness (QED) is 0.0222. The normalized spacial score (nSPS) is 14.0. The van der Waals surface area contributed by atoms with Crippen LogP contribution in [0.3, 0.4) is 0 Å². The van der Waals surface area contributed by atoms with E-state index in [2.05, 4.69) is 41.5 Å². The van der Waals surface area contributed by atoms with Gasteiger partial charge in [-0.2, -0.15) is 0 Å². The number of hydrogen-bond donors (Lipinski definition) is 3. The largest absolute Gasteiger partial charge is 0.472 e. The number of carbonyl (C=O) groups excluding carboxylic acids is 4. The average Bonchev–Trinajstić information content (AvgIpc) is 0.914. The van der Waals surface area contributed by atoms with Crippen molar-refractivity contribution in [2.24, 2.45) is 11.8 Å². The van der Waals surface area contributed by atoms with Gasteiger partial charge in [0.1, 0.15) is 19.3 Å². The maximum absolute atomic E-state index is 13.2. The second-order valence-electron chi connectivity index (χ2n) is 32.4. The molecule has 0 aromatic rings. The highest BCUT2D eigenvalue weighted by molar-refractivity contribution is 7.47. The highest BCUT2D eigenvalue weighted by Gasteiger charge is 2.31. The number of rotatable bonds is 87. The van der Waals surface area contributed by atoms with Gasteiger partial charge in [-0.1, -0.05) is 420 Å². The number of phosphoric acid groups is 2. The van der Waals surface area contributed by atoms with Gasteiger partial charge < -0.3 is 33.8 Å². The summed E-state index contributed by atoms with van der Waals surface area (Å²) in [6.07, 6.45) is 72.4. The molecule has 636 valence electrons. The van der Waals surface area contributed by atoms with Gasteiger partial charge in [0.15, 0.2) is 12.2 Å². The molecule has 0 saturated carbocycles. The first-order valence-electron chi connectivity index (χ1n) is 45.5. The molecule has 0 saturated heterocycles. The summed E-state index contributed by atoms with van der Waals surface area (Å²) in [5.74, 6) is -0.550. The van der Waals surface area contributed by atoms with Gasteiger partial charge in [-0.05, 0) is 37.5 Å². The summed E-state index contributed by atoms with van der Waals surface area (Å²) >= 11 is 0. The monoisotopic (exact) mass is 1560 g/mol. The van der Waals surface area contributed by atoms with E-state index in [4.69, 9.17) is 37.0 Å². The Balaban J connectivity index is 5.22. The number of aliphatic hydroxyl groups is 1. The molecule has 0 radical (unpaired) electrons. The number of esters is 4. The van der Waals surface area contributed by atoms with Gasteiger partial charge >= 0.3 is 39.5 Å². The molecule has 0 spiro atoms. The van der Waals surface area contributed by atoms with Crippen LogP contribution in [0.1, 0.15) is 472 Å². The molecule has 0 aliphatic heterocycles. The van der Waals surface area contributed by atoms with Crippen LogP contribution in [0.5, 0.6) is 0 Å². The summed E-state index contributed by atoms with van der Waals surface area (Å²) in [7, 11) is -9.93. The fraction of sp³-hybridized carbons (Fsp3) is 0.955. The Labute approximate surface area is 658 Å². The predicted molar refractivity (Wildman–Crippen MR) is 442 cm³/mol. The number of phosphoric ester groups is 2. The number of unbranched alkanes of at least 4 members (excludes halogenated alkanes) is 56. The van der Waals surface area contributed by atoms with Gasteiger partial charge in [-0.15, -0.1) is 0 Å². The summed E-state index contributed by atoms with van der Waals surface area (Å²) in [5.41, 5.74) is 0. The topological polar surface area (TPSA) is 237 Å². The predicted octanol–water partition coefficient (Wildman–Crippen LogP) is 27.0. The van der Waals surface area contributed by atoms with Gasteiger partial charge in [-0.25, -0.2) is 9.13 Å². The fourth-order valence-corrected chi connectivity index (χ4v) is 15.3. The number of carbonyl (C=O) groups is 4. The van der Waals surface area contributed by atoms with E-state index in [1.165, 1.54) is 283 Å². The molecule has 0 bridgehead atoms. The highest BCUT2D eigenvalue weighted by atomic mass is 31.2. The van der Waals surface area contributed by atoms with Gasteiger partial charge in [0.25, 0.3) is 0 Å². The van der Waals surface area contributed by atoms with Crippen molar-refractivity contribution in [3.63, 3.8) is 0 Å². The molecular weight excluding hydrogens is 1390 g/mol. The minimum atomic E-state index is -4.97. The molecule has 6 atom stereocenters. The molecule has 0 aliphatic rings. The summed E-state index contributed by atoms with van der Waals surface area (Å²) < 4.78 is 68.9. The van der Waals surface area contributed by atoms with E-state index < -0.39 is 97.5 Å². The molecule has 0 rings (SSSR count). The summed E-state index contributed by atoms with van der Waals surface area (Å²) in [4.78, 5) is 73.3. The van der Waals surface area contributed by atoms with Crippen LogP contribution >= 0.6 is 15.6 Å². The third-order valence-electron chi connectivity index (χ3n) is 21.1. The second kappa shape index (κ2) is 79.3. The zero-order valence-corrected chi connectivity index (χ0v) is 72.2. The van der Waals surface area contributed by atoms with Crippen LogP contribution in [-0.2, 0) is 65.4 Å². The van der Waals surface area contributed by atoms with Crippen LogP contribution in [-0.4, -0.2) is 96.7 Å². The van der Waals surface area contributed by atoms with E-state index in [1.807, 2.05) is 0 Å². The third kappa shape index (κ3) is 80.5. The molecule has 0 aromatic heterocycles. The Hall–Kier alpha value is -1.94. The molecule has 19 heteroatoms. The molecule has 17 nitrogen and oxygen atoms in total. The summed E-state index contributed by atoms with van der Waals surface area (Å²) in [6.45, 7) is 9.68. The Kier molecular flexibility index (Phi) is 77.9. The van der Waals surface area contributed by atoms with Crippen LogP contribution in [0.25, 0.3) is 0 Å². The lowest BCUT2D eigenvalue weighted by Gasteiger charge is -2.21. The second-order valence-corrected chi connectivity index (χ2v) is 35.3. The Morgan fingerprint density at radius 3 is 0.710 bits per heavy atom. The lowest BCUT2D eigenvalue weighted by atomic mass is 10.00. The minimum absolute atomic E-state index is 0.108. The Bertz CT molecular complexity index is 2050. The maximum Gasteiger partial charge on any atom is 0.472 e. The molecule has 107 heavy (non-hydrogen) atoms. The van der Waals surface area contributed by atoms with E-state index in [9.17, 15) is 43.2 Å². The first-order valence-corrected chi connectivity index (χ1v) is 48.5. The molecular formula is C88H172O17P2. The number of ether oxygens (including phenoxy) is 4. The minimum Gasteiger partial charge on any atom is -0.462 e. The lowest BCUT2D eigenvalue weighted by Crippen LogP contribution is -2.30. The lowest BCUT2D eigenvalue weighted by molar-refractivity contribution is -0.161. The van der Waals surface area contributed by atoms with E-state index in [-0.39, 0.29) is 25.7 Å². The Morgan fingerprint density at radius 1 is 0.271 bits per heavy atom. The SMILES string of the molecule is CCCCCCCCCCCCCCCCCCCCCCCC(=O)OC[C@H](COP(=O)(O)OC[C@@H](O)COP(=O)(O)OC[C@@H](COC(=O)CCCCCCCCC(C)CC)OC(=O)CCCCCCCCCCCCCCCCC)OC(=O)CCCCCCCCCCCCCCCCCCCCC(C)C. The molecule has 0 fully saturated rings. The standard InChI is InChI=1S/C88H172O17P2/c1-7-10-12-14-16-18-20-22-24-25-26-27-28-32-36-39-43-47-51-58-64-70-85(90)98-76-83(104-87(92)72-67-61-53-49-45-41-37-33-30-29-31-35-38-42-46-50-56-62-68-80(4)5)78-102-106(94,95)100-74-82(89)75-101-107(96,97)103-79-84(77-99-86(91)71-65-59-55-54-57-63-69-81(6)9-3)105-88(93)73-66-60-52-48-44-40-34-23-21-19-17-15-13-11-8-2/h80-84,89H,7-79H2,1-6H3,(H,94,95)(H,96,97)/t81?,82-,83-,84-/m1/s1. The summed E-state index contributed by atoms with van der Waals surface area (Å²) in [6, 6.07) is 0. The van der Waals surface area contributed by atoms with E-state index in [0.717, 1.165) is 108 Å². The van der Waals surface area contributed by atoms with Crippen LogP contribution in [0.15, 0.2) is 0 Å². The van der Waals surface area contributed by atoms with Crippen molar-refractivity contribution in [2.45, 2.75) is 490 Å². The van der Waals surface area contributed by atoms with E-state index in [1.54, 1.807) is 0 Å². The van der Waals surface area contributed by atoms with Gasteiger partial charge in [0.05, 0.1) is 26.4 Å². The van der Waals surface area contributed by atoms with Crippen molar-refractivity contribution in [2.75, 3.05) is 39.6 Å². The number of hydrogen-bond acceptors (Lipinski definition) is 15. The molecule has 0 aliphatic carbocycles. The highest BCUT2D eigenvalue weighted by Crippen LogP contribution is 2.45. The van der Waals surface area contributed by atoms with Crippen molar-refractivity contribution in [3.8, 4) is 0 Å². The van der Waals surface area contributed by atoms with Gasteiger partial charge in [0.2, 0.25) is 0 Å². The van der Waals surface area contributed by atoms with Crippen LogP contribution in [0, 0.1) is 11.8 Å². The van der Waals surface area contributed by atoms with Crippen molar-refractivity contribution in [1.29, 1.82) is 0 Å². The van der Waals surface area contributed by atoms with Crippen molar-refractivity contribution < 1.29 is 80.2 Å². The molecule has 3 unspecified atom stereocenters. The van der Waals surface area contributed by atoms with Crippen molar-refractivity contribution >= 4 is 39.5 Å². The van der Waals surface area contributed by atoms with Crippen LogP contribution in [0.4, 0.5) is 0 Å². The smallest absolute Gasteiger partial charge is 0.462 e. The van der Waals surface area contributed by atoms with E-state index >= 15 is 0 Å².